The summed E-state index contributed by atoms with van der Waals surface area (Å²) in [4.78, 5) is 30.6. The van der Waals surface area contributed by atoms with Crippen LogP contribution in [0.5, 0.6) is 0 Å². The van der Waals surface area contributed by atoms with Crippen LogP contribution in [0.4, 0.5) is 11.6 Å². The normalized spacial score (nSPS) is 18.4. The molecule has 0 N–H and O–H groups in total. The van der Waals surface area contributed by atoms with E-state index >= 15 is 0 Å². The minimum atomic E-state index is 0.115. The lowest BCUT2D eigenvalue weighted by Crippen LogP contribution is -2.49. The highest BCUT2D eigenvalue weighted by atomic mass is 16.2. The molecule has 0 spiro atoms. The number of aromatic nitrogens is 2. The van der Waals surface area contributed by atoms with Crippen LogP contribution in [0.25, 0.3) is 0 Å². The van der Waals surface area contributed by atoms with Crippen molar-refractivity contribution in [2.24, 2.45) is 0 Å². The highest BCUT2D eigenvalue weighted by molar-refractivity contribution is 5.94. The SMILES string of the molecule is Cc1cccc(C(=O)N2CCN(c3cc(N4CCN(C)CC4)ncn3)CC2)c1. The molecule has 4 rings (SSSR count). The number of carbonyl (C=O) groups is 1. The zero-order valence-corrected chi connectivity index (χ0v) is 16.7. The van der Waals surface area contributed by atoms with Gasteiger partial charge < -0.3 is 19.6 Å². The van der Waals surface area contributed by atoms with Gasteiger partial charge in [0.1, 0.15) is 18.0 Å². The van der Waals surface area contributed by atoms with E-state index in [9.17, 15) is 4.79 Å². The van der Waals surface area contributed by atoms with Crippen LogP contribution in [-0.2, 0) is 0 Å². The van der Waals surface area contributed by atoms with Crippen molar-refractivity contribution in [2.75, 3.05) is 69.2 Å². The van der Waals surface area contributed by atoms with Gasteiger partial charge in [-0.25, -0.2) is 9.97 Å². The highest BCUT2D eigenvalue weighted by Gasteiger charge is 2.24. The summed E-state index contributed by atoms with van der Waals surface area (Å²) in [6.45, 7) is 9.10. The van der Waals surface area contributed by atoms with E-state index in [1.54, 1.807) is 6.33 Å². The molecule has 2 saturated heterocycles. The smallest absolute Gasteiger partial charge is 0.253 e. The number of rotatable bonds is 3. The Balaban J connectivity index is 1.38. The first-order valence-corrected chi connectivity index (χ1v) is 9.96. The summed E-state index contributed by atoms with van der Waals surface area (Å²) < 4.78 is 0. The lowest BCUT2D eigenvalue weighted by molar-refractivity contribution is 0.0746. The van der Waals surface area contributed by atoms with E-state index in [1.165, 1.54) is 0 Å². The summed E-state index contributed by atoms with van der Waals surface area (Å²) in [5.74, 6) is 2.06. The maximum atomic E-state index is 12.8. The summed E-state index contributed by atoms with van der Waals surface area (Å²) in [7, 11) is 2.15. The van der Waals surface area contributed by atoms with Crippen molar-refractivity contribution in [2.45, 2.75) is 6.92 Å². The zero-order valence-electron chi connectivity index (χ0n) is 16.7. The number of carbonyl (C=O) groups excluding carboxylic acids is 1. The monoisotopic (exact) mass is 380 g/mol. The van der Waals surface area contributed by atoms with Crippen LogP contribution in [0.1, 0.15) is 15.9 Å². The number of hydrogen-bond acceptors (Lipinski definition) is 6. The third-order valence-electron chi connectivity index (χ3n) is 5.62. The number of amides is 1. The first kappa shape index (κ1) is 18.7. The van der Waals surface area contributed by atoms with Gasteiger partial charge in [-0.3, -0.25) is 4.79 Å². The summed E-state index contributed by atoms with van der Waals surface area (Å²) in [6.07, 6.45) is 1.66. The van der Waals surface area contributed by atoms with Gasteiger partial charge in [-0.15, -0.1) is 0 Å². The van der Waals surface area contributed by atoms with Gasteiger partial charge in [-0.05, 0) is 26.1 Å². The second-order valence-electron chi connectivity index (χ2n) is 7.67. The minimum Gasteiger partial charge on any atom is -0.354 e. The van der Waals surface area contributed by atoms with Gasteiger partial charge in [-0.1, -0.05) is 17.7 Å². The van der Waals surface area contributed by atoms with E-state index in [4.69, 9.17) is 0 Å². The molecule has 148 valence electrons. The number of piperazine rings is 2. The lowest BCUT2D eigenvalue weighted by atomic mass is 10.1. The second-order valence-corrected chi connectivity index (χ2v) is 7.67. The van der Waals surface area contributed by atoms with Gasteiger partial charge in [0, 0.05) is 64.0 Å². The first-order valence-electron chi connectivity index (χ1n) is 9.96. The van der Waals surface area contributed by atoms with Crippen LogP contribution >= 0.6 is 0 Å². The van der Waals surface area contributed by atoms with Gasteiger partial charge in [0.15, 0.2) is 0 Å². The average Bonchev–Trinajstić information content (AvgIpc) is 2.74. The molecule has 2 aliphatic rings. The van der Waals surface area contributed by atoms with Crippen molar-refractivity contribution in [3.8, 4) is 0 Å². The number of anilines is 2. The molecule has 0 saturated carbocycles. The van der Waals surface area contributed by atoms with E-state index in [2.05, 4.69) is 37.8 Å². The van der Waals surface area contributed by atoms with Gasteiger partial charge in [0.2, 0.25) is 0 Å². The molecule has 0 bridgehead atoms. The number of hydrogen-bond donors (Lipinski definition) is 0. The van der Waals surface area contributed by atoms with Crippen LogP contribution in [-0.4, -0.2) is 85.1 Å². The highest BCUT2D eigenvalue weighted by Crippen LogP contribution is 2.20. The van der Waals surface area contributed by atoms with Crippen LogP contribution < -0.4 is 9.80 Å². The molecule has 0 unspecified atom stereocenters. The molecule has 2 fully saturated rings. The third-order valence-corrected chi connectivity index (χ3v) is 5.62. The van der Waals surface area contributed by atoms with E-state index < -0.39 is 0 Å². The van der Waals surface area contributed by atoms with Crippen LogP contribution in [0.3, 0.4) is 0 Å². The Morgan fingerprint density at radius 3 is 2.07 bits per heavy atom. The van der Waals surface area contributed by atoms with Gasteiger partial charge in [0.05, 0.1) is 0 Å². The Morgan fingerprint density at radius 1 is 0.857 bits per heavy atom. The fourth-order valence-electron chi connectivity index (χ4n) is 3.82. The topological polar surface area (TPSA) is 55.8 Å². The molecule has 0 atom stereocenters. The van der Waals surface area contributed by atoms with Crippen molar-refractivity contribution in [3.05, 3.63) is 47.8 Å². The molecule has 1 amide bonds. The van der Waals surface area contributed by atoms with Gasteiger partial charge in [-0.2, -0.15) is 0 Å². The zero-order chi connectivity index (χ0) is 19.5. The molecule has 7 heteroatoms. The molecule has 1 aromatic heterocycles. The summed E-state index contributed by atoms with van der Waals surface area (Å²) in [5.41, 5.74) is 1.88. The first-order chi connectivity index (χ1) is 13.6. The van der Waals surface area contributed by atoms with Crippen LogP contribution in [0, 0.1) is 6.92 Å². The van der Waals surface area contributed by atoms with Crippen LogP contribution in [0.15, 0.2) is 36.7 Å². The van der Waals surface area contributed by atoms with Crippen molar-refractivity contribution in [3.63, 3.8) is 0 Å². The Labute approximate surface area is 166 Å². The Bertz CT molecular complexity index is 825. The fourth-order valence-corrected chi connectivity index (χ4v) is 3.82. The third kappa shape index (κ3) is 4.09. The maximum absolute atomic E-state index is 12.8. The molecule has 3 heterocycles. The van der Waals surface area contributed by atoms with Crippen molar-refractivity contribution >= 4 is 17.5 Å². The number of benzene rings is 1. The predicted molar refractivity (Wildman–Crippen MR) is 111 cm³/mol. The quantitative estimate of drug-likeness (QED) is 0.804. The standard InChI is InChI=1S/C21H28N6O/c1-17-4-3-5-18(14-17)21(28)27-12-10-26(11-13-27)20-15-19(22-16-23-20)25-8-6-24(2)7-9-25/h3-5,14-16H,6-13H2,1-2H3. The molecule has 0 aliphatic carbocycles. The average molecular weight is 380 g/mol. The number of likely N-dealkylation sites (N-methyl/N-ethyl adjacent to an activating group) is 1. The maximum Gasteiger partial charge on any atom is 0.253 e. The largest absolute Gasteiger partial charge is 0.354 e. The summed E-state index contributed by atoms with van der Waals surface area (Å²) in [5, 5.41) is 0. The van der Waals surface area contributed by atoms with Crippen molar-refractivity contribution < 1.29 is 4.79 Å². The minimum absolute atomic E-state index is 0.115. The van der Waals surface area contributed by atoms with Crippen LogP contribution in [0.2, 0.25) is 0 Å². The van der Waals surface area contributed by atoms with Crippen molar-refractivity contribution in [1.82, 2.24) is 19.8 Å². The molecular weight excluding hydrogens is 352 g/mol. The van der Waals surface area contributed by atoms with E-state index in [0.29, 0.717) is 13.1 Å². The predicted octanol–water partition coefficient (Wildman–Crippen LogP) is 1.50. The van der Waals surface area contributed by atoms with Gasteiger partial charge >= 0.3 is 0 Å². The fraction of sp³-hybridized carbons (Fsp3) is 0.476. The molecule has 1 aromatic carbocycles. The summed E-state index contributed by atoms with van der Waals surface area (Å²) in [6, 6.07) is 9.90. The molecular formula is C21H28N6O. The van der Waals surface area contributed by atoms with E-state index in [-0.39, 0.29) is 5.91 Å². The van der Waals surface area contributed by atoms with Crippen molar-refractivity contribution in [1.29, 1.82) is 0 Å². The lowest BCUT2D eigenvalue weighted by Gasteiger charge is -2.36. The number of nitrogens with zero attached hydrogens (tertiary/aromatic N) is 6. The Kier molecular flexibility index (Phi) is 5.43. The summed E-state index contributed by atoms with van der Waals surface area (Å²) >= 11 is 0. The van der Waals surface area contributed by atoms with E-state index in [1.807, 2.05) is 36.1 Å². The van der Waals surface area contributed by atoms with Gasteiger partial charge in [0.25, 0.3) is 5.91 Å². The molecule has 28 heavy (non-hydrogen) atoms. The molecule has 2 aliphatic heterocycles. The van der Waals surface area contributed by atoms with E-state index in [0.717, 1.165) is 62.0 Å². The number of aryl methyl sites for hydroxylation is 1. The molecule has 2 aromatic rings. The second kappa shape index (κ2) is 8.14. The molecule has 7 nitrogen and oxygen atoms in total. The molecule has 0 radical (unpaired) electrons. The Hall–Kier alpha value is -2.67. The Morgan fingerprint density at radius 2 is 1.46 bits per heavy atom.